The number of nitrogens with zero attached hydrogens (tertiary/aromatic N) is 2. The summed E-state index contributed by atoms with van der Waals surface area (Å²) in [4.78, 5) is 17.1. The molecule has 10 heteroatoms. The third kappa shape index (κ3) is 5.45. The van der Waals surface area contributed by atoms with Crippen LogP contribution in [0, 0.1) is 0 Å². The van der Waals surface area contributed by atoms with Crippen molar-refractivity contribution in [1.82, 2.24) is 14.9 Å². The number of fused-ring (bicyclic) bond motifs is 1. The first-order valence-electron chi connectivity index (χ1n) is 12.3. The average molecular weight is 542 g/mol. The van der Waals surface area contributed by atoms with Crippen LogP contribution in [0.1, 0.15) is 58.7 Å². The van der Waals surface area contributed by atoms with Gasteiger partial charge in [0.2, 0.25) is 0 Å². The lowest BCUT2D eigenvalue weighted by Gasteiger charge is -2.11. The zero-order valence-corrected chi connectivity index (χ0v) is 21.4. The Balaban J connectivity index is 1.33. The number of sulfone groups is 1. The summed E-state index contributed by atoms with van der Waals surface area (Å²) in [5.41, 5.74) is 3.10. The molecule has 6 nitrogen and oxygen atoms in total. The van der Waals surface area contributed by atoms with Crippen LogP contribution in [0.15, 0.2) is 71.8 Å². The van der Waals surface area contributed by atoms with Gasteiger partial charge in [0.05, 0.1) is 28.5 Å². The van der Waals surface area contributed by atoms with Crippen LogP contribution < -0.4 is 5.32 Å². The quantitative estimate of drug-likeness (QED) is 0.310. The molecule has 1 N–H and O–H groups in total. The molecule has 1 amide bonds. The number of nitrogens with one attached hydrogen (secondary N) is 1. The van der Waals surface area contributed by atoms with Crippen molar-refractivity contribution >= 4 is 26.6 Å². The smallest absolute Gasteiger partial charge is 0.346 e. The van der Waals surface area contributed by atoms with Crippen LogP contribution in [-0.4, -0.2) is 29.6 Å². The molecule has 0 bridgehead atoms. The predicted molar refractivity (Wildman–Crippen MR) is 138 cm³/mol. The van der Waals surface area contributed by atoms with Gasteiger partial charge in [-0.05, 0) is 66.9 Å². The van der Waals surface area contributed by atoms with Crippen LogP contribution in [0.25, 0.3) is 10.9 Å². The van der Waals surface area contributed by atoms with E-state index in [4.69, 9.17) is 0 Å². The third-order valence-corrected chi connectivity index (χ3v) is 8.45. The maximum atomic E-state index is 12.9. The number of amides is 1. The maximum Gasteiger partial charge on any atom is 0.416 e. The maximum absolute atomic E-state index is 12.9. The van der Waals surface area contributed by atoms with Crippen molar-refractivity contribution < 1.29 is 26.4 Å². The van der Waals surface area contributed by atoms with Gasteiger partial charge in [0.15, 0.2) is 9.84 Å². The van der Waals surface area contributed by atoms with Crippen molar-refractivity contribution in [3.63, 3.8) is 0 Å². The minimum atomic E-state index is -4.37. The van der Waals surface area contributed by atoms with Crippen molar-refractivity contribution in [2.24, 2.45) is 0 Å². The minimum Gasteiger partial charge on any atom is -0.346 e. The lowest BCUT2D eigenvalue weighted by Crippen LogP contribution is -2.23. The van der Waals surface area contributed by atoms with Crippen LogP contribution in [0.2, 0.25) is 0 Å². The SMILES string of the molecule is CCS(=O)(=O)c1ccc(CNC(=O)c2ccc3c(c2)cc(Cc2ccc(C(F)(F)F)cc2)n3C2CC2)nc1. The Morgan fingerprint density at radius 1 is 1.05 bits per heavy atom. The molecule has 1 saturated carbocycles. The first-order chi connectivity index (χ1) is 18.0. The number of hydrogen-bond donors (Lipinski definition) is 1. The summed E-state index contributed by atoms with van der Waals surface area (Å²) in [5, 5.41) is 3.70. The van der Waals surface area contributed by atoms with Gasteiger partial charge in [0, 0.05) is 40.8 Å². The van der Waals surface area contributed by atoms with E-state index in [9.17, 15) is 26.4 Å². The molecular formula is C28H26F3N3O3S. The van der Waals surface area contributed by atoms with Gasteiger partial charge >= 0.3 is 6.18 Å². The second kappa shape index (κ2) is 9.90. The van der Waals surface area contributed by atoms with Gasteiger partial charge in [0.25, 0.3) is 5.91 Å². The molecule has 1 fully saturated rings. The standard InChI is InChI=1S/C28H26F3N3O3S/c1-2-38(36,37)25-11-8-22(32-17-25)16-33-27(35)19-5-12-26-20(14-19)15-24(34(26)23-9-10-23)13-18-3-6-21(7-4-18)28(29,30)31/h3-8,11-12,14-15,17,23H,2,9-10,13,16H2,1H3,(H,33,35). The highest BCUT2D eigenvalue weighted by Crippen LogP contribution is 2.40. The van der Waals surface area contributed by atoms with E-state index in [1.54, 1.807) is 19.1 Å². The predicted octanol–water partition coefficient (Wildman–Crippen LogP) is 5.70. The van der Waals surface area contributed by atoms with Crippen LogP contribution in [-0.2, 0) is 29.0 Å². The molecule has 0 unspecified atom stereocenters. The normalized spacial score (nSPS) is 14.1. The number of hydrogen-bond acceptors (Lipinski definition) is 4. The Labute approximate surface area is 218 Å². The van der Waals surface area contributed by atoms with Gasteiger partial charge in [-0.15, -0.1) is 0 Å². The van der Waals surface area contributed by atoms with Crippen molar-refractivity contribution in [2.75, 3.05) is 5.75 Å². The number of halogens is 3. The van der Waals surface area contributed by atoms with Crippen LogP contribution >= 0.6 is 0 Å². The van der Waals surface area contributed by atoms with Crippen molar-refractivity contribution in [3.8, 4) is 0 Å². The summed E-state index contributed by atoms with van der Waals surface area (Å²) >= 11 is 0. The van der Waals surface area contributed by atoms with Crippen molar-refractivity contribution in [3.05, 3.63) is 94.9 Å². The highest BCUT2D eigenvalue weighted by atomic mass is 32.2. The van der Waals surface area contributed by atoms with E-state index in [0.717, 1.165) is 47.1 Å². The summed E-state index contributed by atoms with van der Waals surface area (Å²) < 4.78 is 64.9. The van der Waals surface area contributed by atoms with E-state index in [-0.39, 0.29) is 23.1 Å². The molecular weight excluding hydrogens is 515 g/mol. The molecule has 38 heavy (non-hydrogen) atoms. The molecule has 0 atom stereocenters. The monoisotopic (exact) mass is 541 g/mol. The highest BCUT2D eigenvalue weighted by molar-refractivity contribution is 7.91. The fourth-order valence-electron chi connectivity index (χ4n) is 4.49. The number of benzene rings is 2. The number of alkyl halides is 3. The first-order valence-corrected chi connectivity index (χ1v) is 14.0. The molecule has 0 spiro atoms. The van der Waals surface area contributed by atoms with Crippen molar-refractivity contribution in [1.29, 1.82) is 0 Å². The molecule has 0 saturated heterocycles. The molecule has 2 aromatic heterocycles. The van der Waals surface area contributed by atoms with E-state index in [1.165, 1.54) is 24.4 Å². The fraction of sp³-hybridized carbons (Fsp3) is 0.286. The number of aromatic nitrogens is 2. The first kappa shape index (κ1) is 26.0. The van der Waals surface area contributed by atoms with Crippen LogP contribution in [0.5, 0.6) is 0 Å². The van der Waals surface area contributed by atoms with E-state index in [2.05, 4.69) is 14.9 Å². The van der Waals surface area contributed by atoms with Crippen LogP contribution in [0.4, 0.5) is 13.2 Å². The number of carbonyl (C=O) groups excluding carboxylic acids is 1. The number of rotatable bonds is 8. The molecule has 2 heterocycles. The lowest BCUT2D eigenvalue weighted by molar-refractivity contribution is -0.137. The molecule has 0 radical (unpaired) electrons. The summed E-state index contributed by atoms with van der Waals surface area (Å²) in [5.74, 6) is -0.302. The number of carbonyl (C=O) groups is 1. The van der Waals surface area contributed by atoms with Gasteiger partial charge in [0.1, 0.15) is 0 Å². The summed E-state index contributed by atoms with van der Waals surface area (Å²) in [7, 11) is -3.34. The average Bonchev–Trinajstić information content (AvgIpc) is 3.67. The molecule has 4 aromatic rings. The second-order valence-electron chi connectivity index (χ2n) is 9.45. The minimum absolute atomic E-state index is 0.0121. The Bertz CT molecular complexity index is 1590. The summed E-state index contributed by atoms with van der Waals surface area (Å²) in [6.45, 7) is 1.71. The summed E-state index contributed by atoms with van der Waals surface area (Å²) in [6, 6.07) is 16.1. The molecule has 1 aliphatic carbocycles. The zero-order valence-electron chi connectivity index (χ0n) is 20.6. The molecule has 0 aliphatic heterocycles. The van der Waals surface area contributed by atoms with Crippen molar-refractivity contribution in [2.45, 2.75) is 49.8 Å². The van der Waals surface area contributed by atoms with E-state index >= 15 is 0 Å². The Morgan fingerprint density at radius 3 is 2.39 bits per heavy atom. The Morgan fingerprint density at radius 2 is 1.79 bits per heavy atom. The van der Waals surface area contributed by atoms with E-state index in [1.807, 2.05) is 18.2 Å². The van der Waals surface area contributed by atoms with E-state index < -0.39 is 21.6 Å². The van der Waals surface area contributed by atoms with Gasteiger partial charge < -0.3 is 9.88 Å². The highest BCUT2D eigenvalue weighted by Gasteiger charge is 2.30. The lowest BCUT2D eigenvalue weighted by atomic mass is 10.1. The summed E-state index contributed by atoms with van der Waals surface area (Å²) in [6.07, 6.45) is -0.506. The third-order valence-electron chi connectivity index (χ3n) is 6.73. The van der Waals surface area contributed by atoms with Gasteiger partial charge in [-0.2, -0.15) is 13.2 Å². The molecule has 2 aromatic carbocycles. The Kier molecular flexibility index (Phi) is 6.77. The van der Waals surface area contributed by atoms with Gasteiger partial charge in [-0.3, -0.25) is 9.78 Å². The second-order valence-corrected chi connectivity index (χ2v) is 11.7. The van der Waals surface area contributed by atoms with Gasteiger partial charge in [-0.25, -0.2) is 8.42 Å². The topological polar surface area (TPSA) is 81.1 Å². The number of pyridine rings is 1. The Hall–Kier alpha value is -3.66. The molecule has 1 aliphatic rings. The largest absolute Gasteiger partial charge is 0.416 e. The zero-order chi connectivity index (χ0) is 27.1. The molecule has 5 rings (SSSR count). The molecule has 198 valence electrons. The van der Waals surface area contributed by atoms with E-state index in [0.29, 0.717) is 23.7 Å². The van der Waals surface area contributed by atoms with Crippen LogP contribution in [0.3, 0.4) is 0 Å². The fourth-order valence-corrected chi connectivity index (χ4v) is 5.32. The van der Waals surface area contributed by atoms with Gasteiger partial charge in [-0.1, -0.05) is 19.1 Å².